The summed E-state index contributed by atoms with van der Waals surface area (Å²) in [7, 11) is 1.68. The number of carbonyl (C=O) groups is 1. The molecule has 0 unspecified atom stereocenters. The van der Waals surface area contributed by atoms with Crippen molar-refractivity contribution in [3.05, 3.63) is 30.3 Å². The highest BCUT2D eigenvalue weighted by Crippen LogP contribution is 2.33. The van der Waals surface area contributed by atoms with E-state index in [9.17, 15) is 4.79 Å². The van der Waals surface area contributed by atoms with Gasteiger partial charge in [0.2, 0.25) is 5.91 Å². The number of piperidine rings is 1. The van der Waals surface area contributed by atoms with Gasteiger partial charge in [0.15, 0.2) is 0 Å². The maximum atomic E-state index is 13.1. The van der Waals surface area contributed by atoms with Crippen LogP contribution < -0.4 is 10.2 Å². The molecule has 0 aliphatic carbocycles. The van der Waals surface area contributed by atoms with E-state index < -0.39 is 0 Å². The minimum Gasteiger partial charge on any atom is -0.384 e. The Morgan fingerprint density at radius 3 is 2.50 bits per heavy atom. The van der Waals surface area contributed by atoms with Crippen LogP contribution >= 0.6 is 0 Å². The molecule has 0 aromatic heterocycles. The summed E-state index contributed by atoms with van der Waals surface area (Å²) in [4.78, 5) is 14.9. The minimum absolute atomic E-state index is 0.189. The Hall–Kier alpha value is -1.39. The monoisotopic (exact) mass is 276 g/mol. The molecule has 0 atom stereocenters. The third-order valence-electron chi connectivity index (χ3n) is 4.06. The lowest BCUT2D eigenvalue weighted by Crippen LogP contribution is -2.51. The second-order valence-electron chi connectivity index (χ2n) is 5.35. The summed E-state index contributed by atoms with van der Waals surface area (Å²) in [5.74, 6) is 0.189. The maximum Gasteiger partial charge on any atom is 0.235 e. The first kappa shape index (κ1) is 15.0. The number of anilines is 1. The topological polar surface area (TPSA) is 41.6 Å². The zero-order valence-electron chi connectivity index (χ0n) is 12.4. The standard InChI is InChI=1S/C16H24N2O2/c1-3-18(14-7-5-4-6-8-14)15(19)16(13-20-2)9-11-17-12-10-16/h4-8,17H,3,9-13H2,1-2H3. The van der Waals surface area contributed by atoms with Crippen LogP contribution in [0.25, 0.3) is 0 Å². The van der Waals surface area contributed by atoms with Crippen molar-refractivity contribution in [1.82, 2.24) is 5.32 Å². The van der Waals surface area contributed by atoms with Crippen LogP contribution in [0.3, 0.4) is 0 Å². The van der Waals surface area contributed by atoms with Gasteiger partial charge in [0.05, 0.1) is 12.0 Å². The van der Waals surface area contributed by atoms with Gasteiger partial charge in [-0.3, -0.25) is 4.79 Å². The number of para-hydroxylation sites is 1. The molecule has 4 nitrogen and oxygen atoms in total. The molecule has 1 aliphatic heterocycles. The van der Waals surface area contributed by atoms with Crippen molar-refractivity contribution in [2.75, 3.05) is 38.3 Å². The lowest BCUT2D eigenvalue weighted by Gasteiger charge is -2.39. The highest BCUT2D eigenvalue weighted by molar-refractivity contribution is 5.97. The van der Waals surface area contributed by atoms with Gasteiger partial charge in [-0.25, -0.2) is 0 Å². The third kappa shape index (κ3) is 3.02. The number of benzene rings is 1. The van der Waals surface area contributed by atoms with E-state index in [0.29, 0.717) is 13.2 Å². The fourth-order valence-corrected chi connectivity index (χ4v) is 2.94. The molecule has 1 heterocycles. The number of carbonyl (C=O) groups excluding carboxylic acids is 1. The van der Waals surface area contributed by atoms with Crippen LogP contribution in [-0.4, -0.2) is 39.3 Å². The third-order valence-corrected chi connectivity index (χ3v) is 4.06. The van der Waals surface area contributed by atoms with Crippen molar-refractivity contribution in [3.63, 3.8) is 0 Å². The number of hydrogen-bond donors (Lipinski definition) is 1. The number of nitrogens with one attached hydrogen (secondary N) is 1. The Balaban J connectivity index is 2.25. The van der Waals surface area contributed by atoms with Gasteiger partial charge in [0.1, 0.15) is 0 Å². The van der Waals surface area contributed by atoms with E-state index in [2.05, 4.69) is 5.32 Å². The van der Waals surface area contributed by atoms with Crippen molar-refractivity contribution in [2.45, 2.75) is 19.8 Å². The second kappa shape index (κ2) is 6.86. The van der Waals surface area contributed by atoms with Gasteiger partial charge in [-0.15, -0.1) is 0 Å². The van der Waals surface area contributed by atoms with Crippen molar-refractivity contribution in [3.8, 4) is 0 Å². The maximum absolute atomic E-state index is 13.1. The van der Waals surface area contributed by atoms with Crippen molar-refractivity contribution < 1.29 is 9.53 Å². The zero-order chi connectivity index (χ0) is 14.4. The van der Waals surface area contributed by atoms with Crippen molar-refractivity contribution in [2.24, 2.45) is 5.41 Å². The molecule has 1 aromatic rings. The van der Waals surface area contributed by atoms with Gasteiger partial charge in [-0.2, -0.15) is 0 Å². The Bertz CT molecular complexity index is 422. The lowest BCUT2D eigenvalue weighted by molar-refractivity contribution is -0.133. The Kier molecular flexibility index (Phi) is 5.15. The average Bonchev–Trinajstić information content (AvgIpc) is 2.50. The minimum atomic E-state index is -0.383. The van der Waals surface area contributed by atoms with Crippen LogP contribution in [-0.2, 0) is 9.53 Å². The van der Waals surface area contributed by atoms with E-state index in [1.807, 2.05) is 42.2 Å². The summed E-state index contributed by atoms with van der Waals surface area (Å²) in [5, 5.41) is 3.32. The van der Waals surface area contributed by atoms with Gasteiger partial charge < -0.3 is 15.0 Å². The first-order valence-electron chi connectivity index (χ1n) is 7.30. The second-order valence-corrected chi connectivity index (χ2v) is 5.35. The lowest BCUT2D eigenvalue weighted by atomic mass is 9.78. The molecule has 0 saturated carbocycles. The smallest absolute Gasteiger partial charge is 0.235 e. The van der Waals surface area contributed by atoms with Crippen LogP contribution in [0.2, 0.25) is 0 Å². The first-order chi connectivity index (χ1) is 9.73. The SMILES string of the molecule is CCN(C(=O)C1(COC)CCNCC1)c1ccccc1. The van der Waals surface area contributed by atoms with Crippen LogP contribution in [0.1, 0.15) is 19.8 Å². The molecule has 1 aromatic carbocycles. The van der Waals surface area contributed by atoms with Gasteiger partial charge in [-0.1, -0.05) is 18.2 Å². The van der Waals surface area contributed by atoms with Crippen LogP contribution in [0.5, 0.6) is 0 Å². The number of methoxy groups -OCH3 is 1. The summed E-state index contributed by atoms with van der Waals surface area (Å²) < 4.78 is 5.36. The van der Waals surface area contributed by atoms with E-state index in [1.165, 1.54) is 0 Å². The Morgan fingerprint density at radius 1 is 1.30 bits per heavy atom. The van der Waals surface area contributed by atoms with Crippen molar-refractivity contribution in [1.29, 1.82) is 0 Å². The summed E-state index contributed by atoms with van der Waals surface area (Å²) in [6.07, 6.45) is 1.67. The van der Waals surface area contributed by atoms with E-state index in [-0.39, 0.29) is 11.3 Å². The normalized spacial score (nSPS) is 17.7. The van der Waals surface area contributed by atoms with Crippen LogP contribution in [0, 0.1) is 5.41 Å². The molecule has 20 heavy (non-hydrogen) atoms. The fourth-order valence-electron chi connectivity index (χ4n) is 2.94. The number of rotatable bonds is 5. The van der Waals surface area contributed by atoms with Gasteiger partial charge in [0, 0.05) is 19.3 Å². The Morgan fingerprint density at radius 2 is 1.95 bits per heavy atom. The predicted octanol–water partition coefficient (Wildman–Crippen LogP) is 2.06. The molecule has 1 aliphatic rings. The predicted molar refractivity (Wildman–Crippen MR) is 80.9 cm³/mol. The quantitative estimate of drug-likeness (QED) is 0.895. The average molecular weight is 276 g/mol. The highest BCUT2D eigenvalue weighted by Gasteiger charge is 2.42. The summed E-state index contributed by atoms with van der Waals surface area (Å²) in [6.45, 7) is 4.95. The molecular weight excluding hydrogens is 252 g/mol. The molecule has 1 saturated heterocycles. The molecule has 0 radical (unpaired) electrons. The molecular formula is C16H24N2O2. The molecule has 1 N–H and O–H groups in total. The first-order valence-corrected chi connectivity index (χ1v) is 7.30. The van der Waals surface area contributed by atoms with Gasteiger partial charge in [-0.05, 0) is 45.0 Å². The molecule has 110 valence electrons. The number of amides is 1. The van der Waals surface area contributed by atoms with Crippen LogP contribution in [0.15, 0.2) is 30.3 Å². The number of ether oxygens (including phenoxy) is 1. The van der Waals surface area contributed by atoms with E-state index in [0.717, 1.165) is 31.6 Å². The van der Waals surface area contributed by atoms with Gasteiger partial charge >= 0.3 is 0 Å². The molecule has 2 rings (SSSR count). The molecule has 1 fully saturated rings. The fraction of sp³-hybridized carbons (Fsp3) is 0.562. The van der Waals surface area contributed by atoms with Crippen molar-refractivity contribution >= 4 is 11.6 Å². The van der Waals surface area contributed by atoms with E-state index in [4.69, 9.17) is 4.74 Å². The molecule has 0 spiro atoms. The summed E-state index contributed by atoms with van der Waals surface area (Å²) >= 11 is 0. The summed E-state index contributed by atoms with van der Waals surface area (Å²) in [6, 6.07) is 9.89. The Labute approximate surface area is 121 Å². The van der Waals surface area contributed by atoms with E-state index >= 15 is 0 Å². The highest BCUT2D eigenvalue weighted by atomic mass is 16.5. The molecule has 1 amide bonds. The number of hydrogen-bond acceptors (Lipinski definition) is 3. The zero-order valence-corrected chi connectivity index (χ0v) is 12.4. The number of nitrogens with zero attached hydrogens (tertiary/aromatic N) is 1. The molecule has 4 heteroatoms. The van der Waals surface area contributed by atoms with Crippen LogP contribution in [0.4, 0.5) is 5.69 Å². The largest absolute Gasteiger partial charge is 0.384 e. The van der Waals surface area contributed by atoms with E-state index in [1.54, 1.807) is 7.11 Å². The van der Waals surface area contributed by atoms with Gasteiger partial charge in [0.25, 0.3) is 0 Å². The summed E-state index contributed by atoms with van der Waals surface area (Å²) in [5.41, 5.74) is 0.584. The molecule has 0 bridgehead atoms.